The molecule has 3 heterocycles. The molecule has 0 aliphatic heterocycles. The summed E-state index contributed by atoms with van der Waals surface area (Å²) >= 11 is 1.64. The maximum Gasteiger partial charge on any atom is 0.187 e. The number of thiophene rings is 1. The largest absolute Gasteiger partial charge is 0.289 e. The Balaban J connectivity index is 1.64. The van der Waals surface area contributed by atoms with Crippen molar-refractivity contribution in [2.45, 2.75) is 6.54 Å². The molecule has 4 aromatic rings. The molecule has 5 heteroatoms. The lowest BCUT2D eigenvalue weighted by atomic mass is 10.1. The van der Waals surface area contributed by atoms with Crippen LogP contribution in [0.3, 0.4) is 0 Å². The second-order valence-corrected chi connectivity index (χ2v) is 6.98. The molecular weight excluding hydrogens is 354 g/mol. The summed E-state index contributed by atoms with van der Waals surface area (Å²) in [4.78, 5) is 17.4. The first-order valence-corrected chi connectivity index (χ1v) is 9.45. The molecule has 1 aromatic carbocycles. The highest BCUT2D eigenvalue weighted by Gasteiger charge is 2.11. The van der Waals surface area contributed by atoms with Crippen LogP contribution < -0.4 is 0 Å². The second kappa shape index (κ2) is 7.93. The fourth-order valence-corrected chi connectivity index (χ4v) is 3.52. The molecule has 0 aliphatic rings. The van der Waals surface area contributed by atoms with Crippen LogP contribution >= 0.6 is 11.3 Å². The topological polar surface area (TPSA) is 47.8 Å². The smallest absolute Gasteiger partial charge is 0.187 e. The molecule has 0 aliphatic carbocycles. The summed E-state index contributed by atoms with van der Waals surface area (Å²) in [5, 5.41) is 6.78. The van der Waals surface area contributed by atoms with Gasteiger partial charge in [-0.1, -0.05) is 36.4 Å². The lowest BCUT2D eigenvalue weighted by Crippen LogP contribution is -1.99. The molecule has 0 spiro atoms. The number of rotatable bonds is 6. The Bertz CT molecular complexity index is 1050. The minimum atomic E-state index is -0.0731. The highest BCUT2D eigenvalue weighted by atomic mass is 32.1. The van der Waals surface area contributed by atoms with Gasteiger partial charge in [-0.05, 0) is 41.3 Å². The molecule has 132 valence electrons. The van der Waals surface area contributed by atoms with Gasteiger partial charge in [-0.2, -0.15) is 5.10 Å². The van der Waals surface area contributed by atoms with Crippen LogP contribution in [-0.4, -0.2) is 20.5 Å². The zero-order chi connectivity index (χ0) is 18.5. The summed E-state index contributed by atoms with van der Waals surface area (Å²) in [6, 6.07) is 17.8. The van der Waals surface area contributed by atoms with Crippen molar-refractivity contribution >= 4 is 23.2 Å². The van der Waals surface area contributed by atoms with Crippen molar-refractivity contribution in [3.05, 3.63) is 101 Å². The third-order valence-corrected chi connectivity index (χ3v) is 4.97. The quantitative estimate of drug-likeness (QED) is 0.356. The number of ketones is 1. The van der Waals surface area contributed by atoms with E-state index in [1.807, 2.05) is 52.7 Å². The Kier molecular flexibility index (Phi) is 5.03. The predicted molar refractivity (Wildman–Crippen MR) is 109 cm³/mol. The molecule has 0 saturated heterocycles. The van der Waals surface area contributed by atoms with E-state index >= 15 is 0 Å². The Morgan fingerprint density at radius 1 is 1.07 bits per heavy atom. The molecule has 0 atom stereocenters. The molecule has 0 bridgehead atoms. The van der Waals surface area contributed by atoms with Gasteiger partial charge in [0.05, 0.1) is 11.4 Å². The molecule has 3 aromatic heterocycles. The van der Waals surface area contributed by atoms with Crippen LogP contribution in [0.15, 0.2) is 84.6 Å². The Morgan fingerprint density at radius 2 is 1.96 bits per heavy atom. The van der Waals surface area contributed by atoms with Gasteiger partial charge in [-0.3, -0.25) is 14.5 Å². The van der Waals surface area contributed by atoms with Crippen molar-refractivity contribution in [2.24, 2.45) is 0 Å². The maximum absolute atomic E-state index is 12.4. The van der Waals surface area contributed by atoms with E-state index < -0.39 is 0 Å². The van der Waals surface area contributed by atoms with Gasteiger partial charge in [0.15, 0.2) is 5.78 Å². The number of allylic oxidation sites excluding steroid dienone is 1. The van der Waals surface area contributed by atoms with E-state index in [4.69, 9.17) is 5.10 Å². The Morgan fingerprint density at radius 3 is 2.70 bits per heavy atom. The van der Waals surface area contributed by atoms with Crippen LogP contribution in [-0.2, 0) is 6.54 Å². The summed E-state index contributed by atoms with van der Waals surface area (Å²) in [7, 11) is 0. The molecule has 0 fully saturated rings. The van der Waals surface area contributed by atoms with Crippen molar-refractivity contribution in [2.75, 3.05) is 0 Å². The van der Waals surface area contributed by atoms with Gasteiger partial charge < -0.3 is 0 Å². The summed E-state index contributed by atoms with van der Waals surface area (Å²) in [6.07, 6.45) is 8.63. The fourth-order valence-electron chi connectivity index (χ4n) is 2.79. The number of aromatic nitrogens is 3. The number of carbonyl (C=O) groups excluding carboxylic acids is 1. The van der Waals surface area contributed by atoms with Crippen molar-refractivity contribution in [1.29, 1.82) is 0 Å². The average Bonchev–Trinajstić information content (AvgIpc) is 3.37. The van der Waals surface area contributed by atoms with Gasteiger partial charge >= 0.3 is 0 Å². The zero-order valence-electron chi connectivity index (χ0n) is 14.5. The van der Waals surface area contributed by atoms with E-state index in [0.717, 1.165) is 16.1 Å². The van der Waals surface area contributed by atoms with Gasteiger partial charge in [-0.15, -0.1) is 11.3 Å². The van der Waals surface area contributed by atoms with Gasteiger partial charge in [0, 0.05) is 29.7 Å². The highest BCUT2D eigenvalue weighted by molar-refractivity contribution is 7.13. The van der Waals surface area contributed by atoms with Crippen LogP contribution in [0.5, 0.6) is 0 Å². The van der Waals surface area contributed by atoms with Gasteiger partial charge in [0.25, 0.3) is 0 Å². The van der Waals surface area contributed by atoms with E-state index in [2.05, 4.69) is 17.1 Å². The number of pyridine rings is 1. The highest BCUT2D eigenvalue weighted by Crippen LogP contribution is 2.28. The van der Waals surface area contributed by atoms with Crippen LogP contribution in [0.25, 0.3) is 16.6 Å². The van der Waals surface area contributed by atoms with E-state index in [9.17, 15) is 4.79 Å². The van der Waals surface area contributed by atoms with Crippen LogP contribution in [0.4, 0.5) is 0 Å². The van der Waals surface area contributed by atoms with E-state index in [0.29, 0.717) is 12.1 Å². The molecule has 4 nitrogen and oxygen atoms in total. The number of hydrogen-bond acceptors (Lipinski definition) is 4. The molecule has 0 N–H and O–H groups in total. The minimum Gasteiger partial charge on any atom is -0.289 e. The number of carbonyl (C=O) groups is 1. The standard InChI is InChI=1S/C22H17N3OS/c26-20(18-8-4-12-23-14-18)11-10-19-16-25(15-17-6-2-1-3-7-17)24-22(19)21-9-5-13-27-21/h1-14,16H,15H2/b11-10+. The lowest BCUT2D eigenvalue weighted by molar-refractivity contribution is 0.104. The van der Waals surface area contributed by atoms with E-state index in [1.165, 1.54) is 5.56 Å². The van der Waals surface area contributed by atoms with Gasteiger partial charge in [0.2, 0.25) is 0 Å². The van der Waals surface area contributed by atoms with Crippen molar-refractivity contribution in [3.8, 4) is 10.6 Å². The van der Waals surface area contributed by atoms with E-state index in [-0.39, 0.29) is 5.78 Å². The number of nitrogens with zero attached hydrogens (tertiary/aromatic N) is 3. The molecule has 4 rings (SSSR count). The molecule has 0 radical (unpaired) electrons. The average molecular weight is 371 g/mol. The van der Waals surface area contributed by atoms with Crippen molar-refractivity contribution in [3.63, 3.8) is 0 Å². The molecule has 0 unspecified atom stereocenters. The number of benzene rings is 1. The molecular formula is C22H17N3OS. The van der Waals surface area contributed by atoms with Crippen molar-refractivity contribution in [1.82, 2.24) is 14.8 Å². The number of hydrogen-bond donors (Lipinski definition) is 0. The van der Waals surface area contributed by atoms with Gasteiger partial charge in [0.1, 0.15) is 5.69 Å². The maximum atomic E-state index is 12.4. The first kappa shape index (κ1) is 17.1. The normalized spacial score (nSPS) is 11.1. The van der Waals surface area contributed by atoms with Crippen LogP contribution in [0.2, 0.25) is 0 Å². The summed E-state index contributed by atoms with van der Waals surface area (Å²) in [6.45, 7) is 0.684. The first-order chi connectivity index (χ1) is 13.3. The summed E-state index contributed by atoms with van der Waals surface area (Å²) in [5.74, 6) is -0.0731. The predicted octanol–water partition coefficient (Wildman–Crippen LogP) is 4.95. The second-order valence-electron chi connectivity index (χ2n) is 6.03. The van der Waals surface area contributed by atoms with E-state index in [1.54, 1.807) is 41.9 Å². The first-order valence-electron chi connectivity index (χ1n) is 8.57. The molecule has 0 amide bonds. The summed E-state index contributed by atoms with van der Waals surface area (Å²) < 4.78 is 1.92. The Hall–Kier alpha value is -3.31. The third-order valence-electron chi connectivity index (χ3n) is 4.09. The molecule has 27 heavy (non-hydrogen) atoms. The fraction of sp³-hybridized carbons (Fsp3) is 0.0455. The minimum absolute atomic E-state index is 0.0731. The third kappa shape index (κ3) is 4.10. The molecule has 0 saturated carbocycles. The lowest BCUT2D eigenvalue weighted by Gasteiger charge is -2.00. The monoisotopic (exact) mass is 371 g/mol. The SMILES string of the molecule is O=C(/C=C/c1cn(Cc2ccccc2)nc1-c1cccs1)c1cccnc1. The van der Waals surface area contributed by atoms with Gasteiger partial charge in [-0.25, -0.2) is 0 Å². The van der Waals surface area contributed by atoms with Crippen LogP contribution in [0, 0.1) is 0 Å². The van der Waals surface area contributed by atoms with Crippen molar-refractivity contribution < 1.29 is 4.79 Å². The Labute approximate surface area is 161 Å². The zero-order valence-corrected chi connectivity index (χ0v) is 15.3. The van der Waals surface area contributed by atoms with Crippen LogP contribution in [0.1, 0.15) is 21.5 Å². The summed E-state index contributed by atoms with van der Waals surface area (Å²) in [5.41, 5.74) is 3.56.